The first-order chi connectivity index (χ1) is 6.70. The smallest absolute Gasteiger partial charge is 0.308 e. The molecular formula is C11H18O3. The minimum Gasteiger partial charge on any atom is -0.469 e. The predicted octanol–water partition coefficient (Wildman–Crippen LogP) is 1.35. The number of hydrogen-bond acceptors (Lipinski definition) is 3. The van der Waals surface area contributed by atoms with Crippen molar-refractivity contribution in [3.63, 3.8) is 0 Å². The van der Waals surface area contributed by atoms with Crippen LogP contribution in [0.2, 0.25) is 0 Å². The number of hydrogen-bond donors (Lipinski definition) is 1. The lowest BCUT2D eigenvalue weighted by Crippen LogP contribution is -2.38. The Balaban J connectivity index is 2.01. The summed E-state index contributed by atoms with van der Waals surface area (Å²) in [7, 11) is 1.45. The standard InChI is InChI=1S/C11H18O3/c1-14-11(13)9-5-7-2-3-10(12)8(4-7)6-9/h7-10,12H,2-6H2,1H3/t7-,8+,9+,10?/m1/s1. The number of aliphatic hydroxyl groups is 1. The van der Waals surface area contributed by atoms with Crippen LogP contribution in [-0.4, -0.2) is 24.3 Å². The summed E-state index contributed by atoms with van der Waals surface area (Å²) in [6.45, 7) is 0. The largest absolute Gasteiger partial charge is 0.469 e. The molecule has 2 aliphatic rings. The Morgan fingerprint density at radius 2 is 2.07 bits per heavy atom. The Labute approximate surface area is 84.4 Å². The van der Waals surface area contributed by atoms with Gasteiger partial charge in [0.1, 0.15) is 0 Å². The zero-order valence-corrected chi connectivity index (χ0v) is 8.61. The maximum absolute atomic E-state index is 11.4. The van der Waals surface area contributed by atoms with E-state index in [-0.39, 0.29) is 18.0 Å². The molecule has 4 atom stereocenters. The van der Waals surface area contributed by atoms with Crippen molar-refractivity contribution < 1.29 is 14.6 Å². The normalized spacial score (nSPS) is 41.9. The molecule has 0 saturated heterocycles. The van der Waals surface area contributed by atoms with E-state index in [4.69, 9.17) is 4.74 Å². The quantitative estimate of drug-likeness (QED) is 0.647. The highest BCUT2D eigenvalue weighted by Gasteiger charge is 2.39. The third-order valence-electron chi connectivity index (χ3n) is 3.79. The van der Waals surface area contributed by atoms with Crippen molar-refractivity contribution in [2.75, 3.05) is 7.11 Å². The van der Waals surface area contributed by atoms with Gasteiger partial charge in [-0.3, -0.25) is 4.79 Å². The number of carbonyl (C=O) groups excluding carboxylic acids is 1. The molecule has 3 heteroatoms. The maximum Gasteiger partial charge on any atom is 0.308 e. The van der Waals surface area contributed by atoms with Crippen molar-refractivity contribution in [2.24, 2.45) is 17.8 Å². The van der Waals surface area contributed by atoms with Crippen LogP contribution in [0.1, 0.15) is 32.1 Å². The van der Waals surface area contributed by atoms with Gasteiger partial charge in [0.25, 0.3) is 0 Å². The Hall–Kier alpha value is -0.570. The van der Waals surface area contributed by atoms with Crippen molar-refractivity contribution in [3.05, 3.63) is 0 Å². The van der Waals surface area contributed by atoms with Crippen LogP contribution in [0.3, 0.4) is 0 Å². The van der Waals surface area contributed by atoms with Crippen LogP contribution in [0.15, 0.2) is 0 Å². The zero-order chi connectivity index (χ0) is 10.1. The van der Waals surface area contributed by atoms with Gasteiger partial charge in [0.2, 0.25) is 0 Å². The molecule has 2 fully saturated rings. The third kappa shape index (κ3) is 1.78. The van der Waals surface area contributed by atoms with Crippen LogP contribution >= 0.6 is 0 Å². The molecule has 3 nitrogen and oxygen atoms in total. The number of aliphatic hydroxyl groups excluding tert-OH is 1. The van der Waals surface area contributed by atoms with E-state index in [9.17, 15) is 9.90 Å². The van der Waals surface area contributed by atoms with E-state index in [0.29, 0.717) is 11.8 Å². The molecule has 0 aromatic heterocycles. The van der Waals surface area contributed by atoms with Gasteiger partial charge in [-0.25, -0.2) is 0 Å². The van der Waals surface area contributed by atoms with Gasteiger partial charge < -0.3 is 9.84 Å². The molecule has 14 heavy (non-hydrogen) atoms. The summed E-state index contributed by atoms with van der Waals surface area (Å²) in [6, 6.07) is 0. The highest BCUT2D eigenvalue weighted by Crippen LogP contribution is 2.42. The average Bonchev–Trinajstić information content (AvgIpc) is 2.22. The van der Waals surface area contributed by atoms with Gasteiger partial charge in [0, 0.05) is 0 Å². The molecule has 0 aromatic rings. The lowest BCUT2D eigenvalue weighted by molar-refractivity contribution is -0.149. The van der Waals surface area contributed by atoms with Crippen LogP contribution in [0.4, 0.5) is 0 Å². The van der Waals surface area contributed by atoms with Gasteiger partial charge in [0.15, 0.2) is 0 Å². The average molecular weight is 198 g/mol. The highest BCUT2D eigenvalue weighted by atomic mass is 16.5. The first kappa shape index (κ1) is 9.97. The summed E-state index contributed by atoms with van der Waals surface area (Å²) in [4.78, 5) is 11.4. The Bertz CT molecular complexity index is 227. The minimum absolute atomic E-state index is 0.0405. The SMILES string of the molecule is COC(=O)[C@H]1C[C@@H]2CCC(O)[C@@H](C2)C1. The molecule has 0 aromatic carbocycles. The molecule has 0 amide bonds. The van der Waals surface area contributed by atoms with E-state index in [1.54, 1.807) is 0 Å². The first-order valence-electron chi connectivity index (χ1n) is 5.46. The molecule has 80 valence electrons. The number of carbonyl (C=O) groups is 1. The van der Waals surface area contributed by atoms with E-state index < -0.39 is 0 Å². The van der Waals surface area contributed by atoms with Gasteiger partial charge in [-0.1, -0.05) is 0 Å². The van der Waals surface area contributed by atoms with Gasteiger partial charge in [-0.05, 0) is 43.9 Å². The molecule has 0 heterocycles. The Morgan fingerprint density at radius 1 is 1.29 bits per heavy atom. The summed E-state index contributed by atoms with van der Waals surface area (Å²) in [5.74, 6) is 0.931. The number of methoxy groups -OCH3 is 1. The number of esters is 1. The third-order valence-corrected chi connectivity index (χ3v) is 3.79. The second kappa shape index (κ2) is 3.89. The van der Waals surface area contributed by atoms with E-state index in [1.165, 1.54) is 7.11 Å². The first-order valence-corrected chi connectivity index (χ1v) is 5.46. The molecule has 0 aliphatic heterocycles. The second-order valence-corrected chi connectivity index (χ2v) is 4.70. The molecule has 1 N–H and O–H groups in total. The molecule has 0 radical (unpaired) electrons. The lowest BCUT2D eigenvalue weighted by Gasteiger charge is -2.40. The number of ether oxygens (including phenoxy) is 1. The molecule has 2 saturated carbocycles. The molecule has 2 rings (SSSR count). The molecule has 2 aliphatic carbocycles. The summed E-state index contributed by atoms with van der Waals surface area (Å²) in [6.07, 6.45) is 4.71. The fourth-order valence-corrected chi connectivity index (χ4v) is 3.04. The lowest BCUT2D eigenvalue weighted by atomic mass is 9.67. The topological polar surface area (TPSA) is 46.5 Å². The van der Waals surface area contributed by atoms with Crippen molar-refractivity contribution >= 4 is 5.97 Å². The van der Waals surface area contributed by atoms with Crippen molar-refractivity contribution in [3.8, 4) is 0 Å². The molecule has 0 spiro atoms. The van der Waals surface area contributed by atoms with Crippen LogP contribution in [0, 0.1) is 17.8 Å². The maximum atomic E-state index is 11.4. The summed E-state index contributed by atoms with van der Waals surface area (Å²) in [5, 5.41) is 9.74. The predicted molar refractivity (Wildman–Crippen MR) is 51.6 cm³/mol. The van der Waals surface area contributed by atoms with Crippen molar-refractivity contribution in [1.29, 1.82) is 0 Å². The van der Waals surface area contributed by atoms with Crippen LogP contribution in [0.25, 0.3) is 0 Å². The molecule has 1 unspecified atom stereocenters. The summed E-state index contributed by atoms with van der Waals surface area (Å²) >= 11 is 0. The fourth-order valence-electron chi connectivity index (χ4n) is 3.04. The molecular weight excluding hydrogens is 180 g/mol. The zero-order valence-electron chi connectivity index (χ0n) is 8.61. The van der Waals surface area contributed by atoms with Gasteiger partial charge in [0.05, 0.1) is 19.1 Å². The van der Waals surface area contributed by atoms with Crippen molar-refractivity contribution in [2.45, 2.75) is 38.2 Å². The van der Waals surface area contributed by atoms with E-state index >= 15 is 0 Å². The van der Waals surface area contributed by atoms with Gasteiger partial charge in [-0.15, -0.1) is 0 Å². The number of fused-ring (bicyclic) bond motifs is 2. The van der Waals surface area contributed by atoms with Crippen molar-refractivity contribution in [1.82, 2.24) is 0 Å². The monoisotopic (exact) mass is 198 g/mol. The summed E-state index contributed by atoms with van der Waals surface area (Å²) in [5.41, 5.74) is 0. The Morgan fingerprint density at radius 3 is 2.79 bits per heavy atom. The van der Waals surface area contributed by atoms with Crippen LogP contribution < -0.4 is 0 Å². The van der Waals surface area contributed by atoms with E-state index in [2.05, 4.69) is 0 Å². The van der Waals surface area contributed by atoms with Crippen LogP contribution in [0.5, 0.6) is 0 Å². The minimum atomic E-state index is -0.182. The highest BCUT2D eigenvalue weighted by molar-refractivity contribution is 5.72. The molecule has 2 bridgehead atoms. The van der Waals surface area contributed by atoms with Gasteiger partial charge >= 0.3 is 5.97 Å². The number of rotatable bonds is 1. The van der Waals surface area contributed by atoms with Gasteiger partial charge in [-0.2, -0.15) is 0 Å². The summed E-state index contributed by atoms with van der Waals surface area (Å²) < 4.78 is 4.77. The van der Waals surface area contributed by atoms with E-state index in [1.807, 2.05) is 0 Å². The van der Waals surface area contributed by atoms with E-state index in [0.717, 1.165) is 32.1 Å². The van der Waals surface area contributed by atoms with Crippen LogP contribution in [-0.2, 0) is 9.53 Å². The fraction of sp³-hybridized carbons (Fsp3) is 0.909. The Kier molecular flexibility index (Phi) is 2.77. The second-order valence-electron chi connectivity index (χ2n) is 4.70.